The Bertz CT molecular complexity index is 1140. The predicted molar refractivity (Wildman–Crippen MR) is 109 cm³/mol. The van der Waals surface area contributed by atoms with Crippen molar-refractivity contribution in [1.82, 2.24) is 5.16 Å². The number of hydrogen-bond acceptors (Lipinski definition) is 6. The lowest BCUT2D eigenvalue weighted by molar-refractivity contribution is 0.102. The summed E-state index contributed by atoms with van der Waals surface area (Å²) in [6.07, 6.45) is 0.539. The summed E-state index contributed by atoms with van der Waals surface area (Å²) in [4.78, 5) is 12.6. The van der Waals surface area contributed by atoms with E-state index in [2.05, 4.69) is 15.2 Å². The first kappa shape index (κ1) is 20.4. The zero-order chi connectivity index (χ0) is 21.0. The minimum Gasteiger partial charge on any atom is -0.495 e. The first-order valence-electron chi connectivity index (χ1n) is 8.88. The molecule has 152 valence electrons. The number of amides is 1. The molecule has 1 heterocycles. The van der Waals surface area contributed by atoms with Crippen molar-refractivity contribution < 1.29 is 22.5 Å². The Morgan fingerprint density at radius 3 is 2.66 bits per heavy atom. The van der Waals surface area contributed by atoms with Crippen molar-refractivity contribution >= 4 is 27.3 Å². The molecule has 3 aromatic rings. The van der Waals surface area contributed by atoms with Crippen LogP contribution in [0.5, 0.6) is 5.75 Å². The quantitative estimate of drug-likeness (QED) is 0.610. The minimum atomic E-state index is -3.89. The molecule has 0 unspecified atom stereocenters. The van der Waals surface area contributed by atoms with Gasteiger partial charge in [0.2, 0.25) is 0 Å². The maximum atomic E-state index is 12.8. The van der Waals surface area contributed by atoms with Crippen LogP contribution < -0.4 is 14.8 Å². The topological polar surface area (TPSA) is 111 Å². The Morgan fingerprint density at radius 1 is 1.17 bits per heavy atom. The summed E-state index contributed by atoms with van der Waals surface area (Å²) in [5, 5.41) is 6.57. The maximum Gasteiger partial charge on any atom is 0.262 e. The zero-order valence-corrected chi connectivity index (χ0v) is 17.0. The van der Waals surface area contributed by atoms with E-state index in [4.69, 9.17) is 9.26 Å². The summed E-state index contributed by atoms with van der Waals surface area (Å²) in [7, 11) is -2.43. The Labute approximate surface area is 168 Å². The Kier molecular flexibility index (Phi) is 5.88. The monoisotopic (exact) mass is 415 g/mol. The third-order valence-electron chi connectivity index (χ3n) is 4.25. The molecule has 0 atom stereocenters. The van der Waals surface area contributed by atoms with Crippen molar-refractivity contribution in [3.8, 4) is 5.75 Å². The standard InChI is InChI=1S/C20H21N3O5S/c1-4-16-19(13(2)28-22-16)20(24)21-14-8-7-9-15(12-14)29(25,26)23-17-10-5-6-11-18(17)27-3/h5-12,23H,4H2,1-3H3,(H,21,24). The second-order valence-electron chi connectivity index (χ2n) is 6.20. The van der Waals surface area contributed by atoms with Crippen LogP contribution in [0.4, 0.5) is 11.4 Å². The smallest absolute Gasteiger partial charge is 0.262 e. The van der Waals surface area contributed by atoms with Crippen LogP contribution in [0.1, 0.15) is 28.7 Å². The van der Waals surface area contributed by atoms with Crippen molar-refractivity contribution in [3.63, 3.8) is 0 Å². The van der Waals surface area contributed by atoms with E-state index in [9.17, 15) is 13.2 Å². The van der Waals surface area contributed by atoms with E-state index in [-0.39, 0.29) is 4.90 Å². The highest BCUT2D eigenvalue weighted by molar-refractivity contribution is 7.92. The summed E-state index contributed by atoms with van der Waals surface area (Å²) in [6, 6.07) is 12.7. The lowest BCUT2D eigenvalue weighted by atomic mass is 10.1. The number of aryl methyl sites for hydroxylation is 2. The van der Waals surface area contributed by atoms with Crippen LogP contribution in [0.25, 0.3) is 0 Å². The number of nitrogens with one attached hydrogen (secondary N) is 2. The number of nitrogens with zero attached hydrogens (tertiary/aromatic N) is 1. The summed E-state index contributed by atoms with van der Waals surface area (Å²) >= 11 is 0. The highest BCUT2D eigenvalue weighted by atomic mass is 32.2. The second-order valence-corrected chi connectivity index (χ2v) is 7.88. The van der Waals surface area contributed by atoms with Crippen molar-refractivity contribution in [2.45, 2.75) is 25.2 Å². The van der Waals surface area contributed by atoms with Gasteiger partial charge in [0, 0.05) is 5.69 Å². The van der Waals surface area contributed by atoms with Gasteiger partial charge >= 0.3 is 0 Å². The van der Waals surface area contributed by atoms with Crippen LogP contribution in [-0.2, 0) is 16.4 Å². The third kappa shape index (κ3) is 4.40. The van der Waals surface area contributed by atoms with Gasteiger partial charge in [-0.1, -0.05) is 30.3 Å². The van der Waals surface area contributed by atoms with Gasteiger partial charge in [-0.15, -0.1) is 0 Å². The molecule has 0 radical (unpaired) electrons. The summed E-state index contributed by atoms with van der Waals surface area (Å²) < 4.78 is 38.3. The molecule has 2 N–H and O–H groups in total. The predicted octanol–water partition coefficient (Wildman–Crippen LogP) is 3.61. The number of rotatable bonds is 7. The normalized spacial score (nSPS) is 11.1. The number of carbonyl (C=O) groups is 1. The maximum absolute atomic E-state index is 12.8. The molecule has 1 aromatic heterocycles. The Hall–Kier alpha value is -3.33. The fraction of sp³-hybridized carbons (Fsp3) is 0.200. The van der Waals surface area contributed by atoms with Gasteiger partial charge in [-0.25, -0.2) is 8.42 Å². The van der Waals surface area contributed by atoms with E-state index in [0.717, 1.165) is 0 Å². The second kappa shape index (κ2) is 8.36. The number of ether oxygens (including phenoxy) is 1. The number of benzene rings is 2. The molecule has 1 amide bonds. The van der Waals surface area contributed by atoms with E-state index >= 15 is 0 Å². The first-order valence-corrected chi connectivity index (χ1v) is 10.4. The highest BCUT2D eigenvalue weighted by Crippen LogP contribution is 2.27. The van der Waals surface area contributed by atoms with E-state index < -0.39 is 15.9 Å². The molecular formula is C20H21N3O5S. The van der Waals surface area contributed by atoms with Gasteiger partial charge in [0.15, 0.2) is 0 Å². The molecule has 0 bridgehead atoms. The Balaban J connectivity index is 1.85. The molecule has 0 spiro atoms. The fourth-order valence-corrected chi connectivity index (χ4v) is 3.93. The van der Waals surface area contributed by atoms with Gasteiger partial charge in [0.1, 0.15) is 17.1 Å². The number of methoxy groups -OCH3 is 1. The average Bonchev–Trinajstić information content (AvgIpc) is 3.09. The fourth-order valence-electron chi connectivity index (χ4n) is 2.82. The van der Waals surface area contributed by atoms with E-state index in [0.29, 0.717) is 40.6 Å². The largest absolute Gasteiger partial charge is 0.495 e. The molecule has 29 heavy (non-hydrogen) atoms. The lowest BCUT2D eigenvalue weighted by Gasteiger charge is -2.12. The molecule has 3 rings (SSSR count). The van der Waals surface area contributed by atoms with E-state index in [1.165, 1.54) is 19.2 Å². The van der Waals surface area contributed by atoms with E-state index in [1.54, 1.807) is 43.3 Å². The first-order chi connectivity index (χ1) is 13.9. The molecule has 0 saturated heterocycles. The van der Waals surface area contributed by atoms with Crippen molar-refractivity contribution in [1.29, 1.82) is 0 Å². The van der Waals surface area contributed by atoms with Crippen molar-refractivity contribution in [2.75, 3.05) is 17.1 Å². The van der Waals surface area contributed by atoms with Gasteiger partial charge in [-0.3, -0.25) is 9.52 Å². The summed E-state index contributed by atoms with van der Waals surface area (Å²) in [5.41, 5.74) is 1.55. The molecule has 8 nitrogen and oxygen atoms in total. The van der Waals surface area contributed by atoms with Crippen molar-refractivity contribution in [2.24, 2.45) is 0 Å². The zero-order valence-electron chi connectivity index (χ0n) is 16.2. The molecule has 2 aromatic carbocycles. The number of aromatic nitrogens is 1. The lowest BCUT2D eigenvalue weighted by Crippen LogP contribution is -2.16. The molecule has 0 fully saturated rings. The van der Waals surface area contributed by atoms with Crippen LogP contribution >= 0.6 is 0 Å². The molecular weight excluding hydrogens is 394 g/mol. The number of anilines is 2. The SMILES string of the molecule is CCc1noc(C)c1C(=O)Nc1cccc(S(=O)(=O)Nc2ccccc2OC)c1. The average molecular weight is 415 g/mol. The van der Waals surface area contributed by atoms with Crippen LogP contribution in [0, 0.1) is 6.92 Å². The van der Waals surface area contributed by atoms with E-state index in [1.807, 2.05) is 6.92 Å². The summed E-state index contributed by atoms with van der Waals surface area (Å²) in [6.45, 7) is 3.52. The van der Waals surface area contributed by atoms with Gasteiger partial charge < -0.3 is 14.6 Å². The van der Waals surface area contributed by atoms with Crippen LogP contribution in [-0.4, -0.2) is 26.6 Å². The number of sulfonamides is 1. The van der Waals surface area contributed by atoms with Gasteiger partial charge in [0.05, 0.1) is 23.4 Å². The van der Waals surface area contributed by atoms with Crippen LogP contribution in [0.3, 0.4) is 0 Å². The number of para-hydroxylation sites is 2. The molecule has 0 aliphatic carbocycles. The minimum absolute atomic E-state index is 0.000961. The van der Waals surface area contributed by atoms with Gasteiger partial charge in [-0.05, 0) is 43.7 Å². The molecule has 0 saturated carbocycles. The van der Waals surface area contributed by atoms with Crippen LogP contribution in [0.15, 0.2) is 57.9 Å². The molecule has 0 aliphatic heterocycles. The van der Waals surface area contributed by atoms with Gasteiger partial charge in [0.25, 0.3) is 15.9 Å². The third-order valence-corrected chi connectivity index (χ3v) is 5.61. The Morgan fingerprint density at radius 2 is 1.93 bits per heavy atom. The molecule has 9 heteroatoms. The number of carbonyl (C=O) groups excluding carboxylic acids is 1. The highest BCUT2D eigenvalue weighted by Gasteiger charge is 2.21. The van der Waals surface area contributed by atoms with Crippen molar-refractivity contribution in [3.05, 3.63) is 65.5 Å². The van der Waals surface area contributed by atoms with Crippen LogP contribution in [0.2, 0.25) is 0 Å². The molecule has 0 aliphatic rings. The van der Waals surface area contributed by atoms with Gasteiger partial charge in [-0.2, -0.15) is 0 Å². The number of hydrogen-bond donors (Lipinski definition) is 2. The summed E-state index contributed by atoms with van der Waals surface area (Å²) in [5.74, 6) is 0.393.